The first-order chi connectivity index (χ1) is 29.9. The Balaban J connectivity index is 0.000000963. The highest BCUT2D eigenvalue weighted by Crippen LogP contribution is 2.39. The van der Waals surface area contributed by atoms with Crippen LogP contribution in [0.1, 0.15) is 196 Å². The van der Waals surface area contributed by atoms with Crippen molar-refractivity contribution >= 4 is 23.6 Å². The number of amides is 2. The van der Waals surface area contributed by atoms with Gasteiger partial charge in [-0.2, -0.15) is 0 Å². The van der Waals surface area contributed by atoms with Crippen LogP contribution in [0.5, 0.6) is 0 Å². The maximum atomic E-state index is 12.0. The number of benzene rings is 3. The fraction of sp³-hybridized carbons (Fsp3) is 0.614. The molecule has 1 atom stereocenters. The maximum Gasteiger partial charge on any atom is 0.326 e. The summed E-state index contributed by atoms with van der Waals surface area (Å²) in [5.41, 5.74) is 5.90. The number of carbonyl (C=O) groups is 4. The number of aliphatic carboxylic acids is 1. The average Bonchev–Trinajstić information content (AvgIpc) is 3.21. The van der Waals surface area contributed by atoms with Crippen LogP contribution in [-0.2, 0) is 37.4 Å². The van der Waals surface area contributed by atoms with Crippen molar-refractivity contribution in [3.63, 3.8) is 0 Å². The Labute approximate surface area is 391 Å². The molecule has 2 amide bonds. The van der Waals surface area contributed by atoms with Crippen molar-refractivity contribution in [3.05, 3.63) is 107 Å². The number of unbranched alkanes of at least 4 members (excludes halogenated alkanes) is 1. The Hall–Kier alpha value is -4.26. The molecule has 7 heteroatoms. The van der Waals surface area contributed by atoms with Crippen LogP contribution in [0.15, 0.2) is 84.9 Å². The molecule has 3 aromatic carbocycles. The maximum absolute atomic E-state index is 12.0. The number of ketones is 1. The highest BCUT2D eigenvalue weighted by Gasteiger charge is 2.33. The predicted octanol–water partition coefficient (Wildman–Crippen LogP) is 14.2. The standard InChI is InChI=1S/C23H35NO4.C19H29NO.C11H16.2C2H6/c1-17-12-14-18(15-13-17)8-7-10-19(25)9-5-6-11-20(22(27)28)24-21(26)16-23(2,3)4;1-18(2,3)14-17(21)20-16-10-12-19(4,13-11-16)15-8-6-5-7-9-15;1-11(2,3)9-10-7-5-4-6-8-10;2*1-2/h12-15,20H,5-11,16H2,1-4H3,(H,24,26)(H,27,28);5-9,16H,10-14H2,1-4H3,(H,20,21);4-8H,9H2,1-3H3;2*1-2H3/t20-;;;;/m0..../s1. The number of hydrogen-bond acceptors (Lipinski definition) is 4. The highest BCUT2D eigenvalue weighted by molar-refractivity contribution is 5.83. The minimum atomic E-state index is -1.02. The lowest BCUT2D eigenvalue weighted by atomic mass is 9.69. The van der Waals surface area contributed by atoms with Crippen molar-refractivity contribution in [2.45, 2.75) is 211 Å². The zero-order valence-electron chi connectivity index (χ0n) is 43.2. The molecule has 0 radical (unpaired) electrons. The fourth-order valence-electron chi connectivity index (χ4n) is 7.52. The molecule has 0 aliphatic heterocycles. The van der Waals surface area contributed by atoms with Crippen molar-refractivity contribution in [3.8, 4) is 0 Å². The summed E-state index contributed by atoms with van der Waals surface area (Å²) in [5, 5.41) is 15.1. The molecule has 0 heterocycles. The summed E-state index contributed by atoms with van der Waals surface area (Å²) >= 11 is 0. The van der Waals surface area contributed by atoms with Gasteiger partial charge in [-0.1, -0.05) is 194 Å². The van der Waals surface area contributed by atoms with Gasteiger partial charge in [-0.15, -0.1) is 0 Å². The van der Waals surface area contributed by atoms with Gasteiger partial charge in [-0.05, 0) is 103 Å². The van der Waals surface area contributed by atoms with Crippen LogP contribution in [0.25, 0.3) is 0 Å². The molecule has 4 rings (SSSR count). The van der Waals surface area contributed by atoms with E-state index in [4.69, 9.17) is 0 Å². The van der Waals surface area contributed by atoms with Crippen molar-refractivity contribution in [2.75, 3.05) is 0 Å². The number of rotatable bonds is 16. The van der Waals surface area contributed by atoms with Crippen molar-refractivity contribution in [2.24, 2.45) is 16.2 Å². The lowest BCUT2D eigenvalue weighted by Crippen LogP contribution is -2.42. The summed E-state index contributed by atoms with van der Waals surface area (Å²) in [6.07, 6.45) is 10.9. The SMILES string of the molecule is CC.CC.CC(C)(C)CC(=O)NC1CCC(C)(c2ccccc2)CC1.CC(C)(C)Cc1ccccc1.Cc1ccc(CCCC(=O)CCCC[C@H](NC(=O)CC(C)(C)C)C(=O)O)cc1. The minimum Gasteiger partial charge on any atom is -0.480 e. The molecule has 0 unspecified atom stereocenters. The van der Waals surface area contributed by atoms with Crippen molar-refractivity contribution in [1.29, 1.82) is 0 Å². The van der Waals surface area contributed by atoms with E-state index in [1.807, 2.05) is 48.5 Å². The molecular formula is C57H92N2O5. The molecule has 0 spiro atoms. The molecule has 7 nitrogen and oxygen atoms in total. The molecule has 1 fully saturated rings. The third-order valence-corrected chi connectivity index (χ3v) is 10.8. The van der Waals surface area contributed by atoms with Crippen LogP contribution in [0.4, 0.5) is 0 Å². The third kappa shape index (κ3) is 29.2. The van der Waals surface area contributed by atoms with Crippen LogP contribution in [0.2, 0.25) is 0 Å². The van der Waals surface area contributed by atoms with E-state index in [2.05, 4.69) is 151 Å². The lowest BCUT2D eigenvalue weighted by Gasteiger charge is -2.38. The summed E-state index contributed by atoms with van der Waals surface area (Å²) in [4.78, 5) is 47.3. The molecule has 360 valence electrons. The largest absolute Gasteiger partial charge is 0.480 e. The zero-order chi connectivity index (χ0) is 49.0. The first-order valence-corrected chi connectivity index (χ1v) is 24.4. The van der Waals surface area contributed by atoms with E-state index in [1.54, 1.807) is 0 Å². The Kier molecular flexibility index (Phi) is 28.7. The zero-order valence-corrected chi connectivity index (χ0v) is 43.2. The van der Waals surface area contributed by atoms with E-state index in [9.17, 15) is 24.3 Å². The number of aryl methyl sites for hydroxylation is 2. The van der Waals surface area contributed by atoms with Gasteiger partial charge in [0.15, 0.2) is 0 Å². The van der Waals surface area contributed by atoms with Crippen molar-refractivity contribution in [1.82, 2.24) is 10.6 Å². The number of Topliss-reactive ketones (excluding diaryl/α,β-unsaturated/α-hetero) is 1. The van der Waals surface area contributed by atoms with E-state index in [1.165, 1.54) is 22.3 Å². The van der Waals surface area contributed by atoms with Crippen LogP contribution in [0.3, 0.4) is 0 Å². The van der Waals surface area contributed by atoms with Crippen LogP contribution in [-0.4, -0.2) is 40.8 Å². The number of carboxylic acids is 1. The van der Waals surface area contributed by atoms with Crippen LogP contribution in [0, 0.1) is 23.2 Å². The normalized spacial score (nSPS) is 16.3. The van der Waals surface area contributed by atoms with E-state index in [-0.39, 0.29) is 40.3 Å². The Morgan fingerprint density at radius 1 is 0.641 bits per heavy atom. The second-order valence-corrected chi connectivity index (χ2v) is 21.0. The van der Waals surface area contributed by atoms with Gasteiger partial charge in [0.2, 0.25) is 11.8 Å². The molecule has 64 heavy (non-hydrogen) atoms. The van der Waals surface area contributed by atoms with E-state index in [0.717, 1.165) is 44.9 Å². The molecule has 0 saturated heterocycles. The Morgan fingerprint density at radius 2 is 1.12 bits per heavy atom. The molecular weight excluding hydrogens is 793 g/mol. The number of carboxylic acid groups (broad SMARTS) is 1. The molecule has 3 N–H and O–H groups in total. The summed E-state index contributed by atoms with van der Waals surface area (Å²) < 4.78 is 0. The monoisotopic (exact) mass is 885 g/mol. The van der Waals surface area contributed by atoms with Gasteiger partial charge in [0.25, 0.3) is 0 Å². The summed E-state index contributed by atoms with van der Waals surface area (Å²) in [7, 11) is 0. The summed E-state index contributed by atoms with van der Waals surface area (Å²) in [6, 6.07) is 29.2. The van der Waals surface area contributed by atoms with Gasteiger partial charge >= 0.3 is 5.97 Å². The third-order valence-electron chi connectivity index (χ3n) is 10.8. The summed E-state index contributed by atoms with van der Waals surface area (Å²) in [5.74, 6) is -0.842. The van der Waals surface area contributed by atoms with Gasteiger partial charge in [0.05, 0.1) is 0 Å². The topological polar surface area (TPSA) is 113 Å². The van der Waals surface area contributed by atoms with Gasteiger partial charge in [-0.3, -0.25) is 14.4 Å². The quantitative estimate of drug-likeness (QED) is 0.124. The molecule has 0 bridgehead atoms. The molecule has 1 saturated carbocycles. The predicted molar refractivity (Wildman–Crippen MR) is 272 cm³/mol. The molecule has 0 aromatic heterocycles. The fourth-order valence-corrected chi connectivity index (χ4v) is 7.52. The van der Waals surface area contributed by atoms with Gasteiger partial charge in [0.1, 0.15) is 11.8 Å². The van der Waals surface area contributed by atoms with Gasteiger partial charge in [0, 0.05) is 31.7 Å². The second-order valence-electron chi connectivity index (χ2n) is 21.0. The second kappa shape index (κ2) is 30.8. The average molecular weight is 885 g/mol. The van der Waals surface area contributed by atoms with E-state index >= 15 is 0 Å². The molecule has 3 aromatic rings. The number of hydrogen-bond donors (Lipinski definition) is 3. The van der Waals surface area contributed by atoms with Crippen molar-refractivity contribution < 1.29 is 24.3 Å². The smallest absolute Gasteiger partial charge is 0.326 e. The van der Waals surface area contributed by atoms with E-state index in [0.29, 0.717) is 50.0 Å². The summed E-state index contributed by atoms with van der Waals surface area (Å²) in [6.45, 7) is 31.3. The Morgan fingerprint density at radius 3 is 1.61 bits per heavy atom. The van der Waals surface area contributed by atoms with Crippen LogP contribution >= 0.6 is 0 Å². The molecule has 1 aliphatic rings. The van der Waals surface area contributed by atoms with E-state index < -0.39 is 12.0 Å². The van der Waals surface area contributed by atoms with Gasteiger partial charge in [-0.25, -0.2) is 4.79 Å². The molecule has 1 aliphatic carbocycles. The number of carbonyl (C=O) groups excluding carboxylic acids is 3. The highest BCUT2D eigenvalue weighted by atomic mass is 16.4. The van der Waals surface area contributed by atoms with Gasteiger partial charge < -0.3 is 15.7 Å². The first kappa shape index (κ1) is 59.7. The minimum absolute atomic E-state index is 0.0668. The lowest BCUT2D eigenvalue weighted by molar-refractivity contribution is -0.142. The Bertz CT molecular complexity index is 1710. The number of nitrogens with one attached hydrogen (secondary N) is 2. The van der Waals surface area contributed by atoms with Crippen LogP contribution < -0.4 is 10.6 Å². The first-order valence-electron chi connectivity index (χ1n) is 24.4.